The first-order valence-corrected chi connectivity index (χ1v) is 5.03. The van der Waals surface area contributed by atoms with Crippen LogP contribution >= 0.6 is 0 Å². The lowest BCUT2D eigenvalue weighted by Gasteiger charge is -2.26. The predicted octanol–water partition coefficient (Wildman–Crippen LogP) is 2.96. The smallest absolute Gasteiger partial charge is 0.0575 e. The minimum absolute atomic E-state index is 0.515. The van der Waals surface area contributed by atoms with Crippen LogP contribution < -0.4 is 0 Å². The Morgan fingerprint density at radius 1 is 1.33 bits per heavy atom. The molecule has 0 aromatic rings. The zero-order valence-corrected chi connectivity index (χ0v) is 7.96. The van der Waals surface area contributed by atoms with E-state index in [2.05, 4.69) is 6.92 Å². The molecule has 0 saturated heterocycles. The summed E-state index contributed by atoms with van der Waals surface area (Å²) in [6.45, 7) is 8.55. The van der Waals surface area contributed by atoms with Crippen molar-refractivity contribution < 1.29 is 4.74 Å². The van der Waals surface area contributed by atoms with Gasteiger partial charge in [-0.15, -0.1) is 0 Å². The Bertz CT molecular complexity index is 123. The van der Waals surface area contributed by atoms with Gasteiger partial charge in [0.05, 0.1) is 6.10 Å². The molecule has 1 aliphatic carbocycles. The van der Waals surface area contributed by atoms with Gasteiger partial charge in [0.2, 0.25) is 0 Å². The van der Waals surface area contributed by atoms with Gasteiger partial charge >= 0.3 is 0 Å². The van der Waals surface area contributed by atoms with Gasteiger partial charge in [-0.2, -0.15) is 0 Å². The molecule has 0 amide bonds. The summed E-state index contributed by atoms with van der Waals surface area (Å²) in [7, 11) is 0. The molecule has 0 aromatic carbocycles. The second-order valence-electron chi connectivity index (χ2n) is 3.60. The molecule has 12 heavy (non-hydrogen) atoms. The number of hydrogen-bond donors (Lipinski definition) is 0. The summed E-state index contributed by atoms with van der Waals surface area (Å²) in [5.41, 5.74) is 0. The standard InChI is InChI=1S/C11H19O/c1-3-9-12-11-7-5-10(4-2)6-8-11/h2,4,10-11H,3,5-9H2,1H3/t10-,11-. The van der Waals surface area contributed by atoms with Crippen molar-refractivity contribution in [1.82, 2.24) is 0 Å². The first-order chi connectivity index (χ1) is 5.86. The van der Waals surface area contributed by atoms with E-state index in [1.165, 1.54) is 25.7 Å². The molecule has 1 radical (unpaired) electrons. The molecule has 0 heterocycles. The monoisotopic (exact) mass is 167 g/mol. The summed E-state index contributed by atoms with van der Waals surface area (Å²) in [6.07, 6.45) is 8.30. The van der Waals surface area contributed by atoms with Gasteiger partial charge in [-0.1, -0.05) is 19.6 Å². The van der Waals surface area contributed by atoms with Crippen LogP contribution in [-0.2, 0) is 4.74 Å². The van der Waals surface area contributed by atoms with E-state index >= 15 is 0 Å². The van der Waals surface area contributed by atoms with Crippen molar-refractivity contribution in [3.05, 3.63) is 12.7 Å². The van der Waals surface area contributed by atoms with Crippen molar-refractivity contribution in [2.75, 3.05) is 6.61 Å². The van der Waals surface area contributed by atoms with Crippen LogP contribution in [0.25, 0.3) is 0 Å². The highest BCUT2D eigenvalue weighted by Gasteiger charge is 2.18. The van der Waals surface area contributed by atoms with E-state index in [1.54, 1.807) is 0 Å². The van der Waals surface area contributed by atoms with Crippen LogP contribution in [0.4, 0.5) is 0 Å². The van der Waals surface area contributed by atoms with E-state index in [-0.39, 0.29) is 0 Å². The van der Waals surface area contributed by atoms with E-state index in [4.69, 9.17) is 11.3 Å². The van der Waals surface area contributed by atoms with E-state index < -0.39 is 0 Å². The average molecular weight is 167 g/mol. The minimum atomic E-state index is 0.515. The average Bonchev–Trinajstić information content (AvgIpc) is 2.15. The Labute approximate surface area is 75.8 Å². The summed E-state index contributed by atoms with van der Waals surface area (Å²) in [5, 5.41) is 0. The van der Waals surface area contributed by atoms with Gasteiger partial charge in [-0.05, 0) is 38.0 Å². The van der Waals surface area contributed by atoms with Crippen LogP contribution in [0.2, 0.25) is 0 Å². The zero-order valence-electron chi connectivity index (χ0n) is 7.96. The number of rotatable bonds is 4. The highest BCUT2D eigenvalue weighted by atomic mass is 16.5. The van der Waals surface area contributed by atoms with E-state index in [9.17, 15) is 0 Å². The van der Waals surface area contributed by atoms with Crippen LogP contribution in [0.5, 0.6) is 0 Å². The predicted molar refractivity (Wildman–Crippen MR) is 50.9 cm³/mol. The van der Waals surface area contributed by atoms with Crippen LogP contribution in [0.15, 0.2) is 6.08 Å². The summed E-state index contributed by atoms with van der Waals surface area (Å²) in [4.78, 5) is 0. The van der Waals surface area contributed by atoms with Gasteiger partial charge in [-0.3, -0.25) is 0 Å². The third-order valence-corrected chi connectivity index (χ3v) is 2.55. The molecule has 0 spiro atoms. The Morgan fingerprint density at radius 2 is 2.00 bits per heavy atom. The van der Waals surface area contributed by atoms with Crippen LogP contribution in [0.1, 0.15) is 39.0 Å². The Hall–Kier alpha value is -0.300. The normalized spacial score (nSPS) is 30.1. The van der Waals surface area contributed by atoms with Gasteiger partial charge < -0.3 is 4.74 Å². The lowest BCUT2D eigenvalue weighted by atomic mass is 9.87. The first kappa shape index (κ1) is 9.79. The van der Waals surface area contributed by atoms with Crippen molar-refractivity contribution >= 4 is 0 Å². The largest absolute Gasteiger partial charge is 0.378 e. The van der Waals surface area contributed by atoms with Crippen LogP contribution in [0.3, 0.4) is 0 Å². The molecular formula is C11H19O. The number of ether oxygens (including phenoxy) is 1. The van der Waals surface area contributed by atoms with Gasteiger partial charge in [0.15, 0.2) is 0 Å². The lowest BCUT2D eigenvalue weighted by Crippen LogP contribution is -2.21. The van der Waals surface area contributed by atoms with Crippen LogP contribution in [0, 0.1) is 12.5 Å². The number of hydrogen-bond acceptors (Lipinski definition) is 1. The van der Waals surface area contributed by atoms with Gasteiger partial charge in [-0.25, -0.2) is 0 Å². The molecule has 0 atom stereocenters. The first-order valence-electron chi connectivity index (χ1n) is 5.03. The second-order valence-corrected chi connectivity index (χ2v) is 3.60. The molecule has 69 valence electrons. The zero-order chi connectivity index (χ0) is 8.81. The number of allylic oxidation sites excluding steroid dienone is 1. The van der Waals surface area contributed by atoms with Crippen molar-refractivity contribution in [3.63, 3.8) is 0 Å². The molecule has 1 fully saturated rings. The Balaban J connectivity index is 2.12. The fourth-order valence-corrected chi connectivity index (χ4v) is 1.73. The maximum absolute atomic E-state index is 5.67. The molecule has 0 unspecified atom stereocenters. The Morgan fingerprint density at radius 3 is 2.50 bits per heavy atom. The molecule has 1 rings (SSSR count). The second kappa shape index (κ2) is 5.36. The molecule has 0 aromatic heterocycles. The lowest BCUT2D eigenvalue weighted by molar-refractivity contribution is 0.0227. The van der Waals surface area contributed by atoms with E-state index in [0.29, 0.717) is 12.0 Å². The third-order valence-electron chi connectivity index (χ3n) is 2.55. The molecular weight excluding hydrogens is 148 g/mol. The maximum atomic E-state index is 5.67. The molecule has 0 bridgehead atoms. The summed E-state index contributed by atoms with van der Waals surface area (Å²) in [5.74, 6) is 0.645. The molecule has 1 heteroatoms. The van der Waals surface area contributed by atoms with Gasteiger partial charge in [0.25, 0.3) is 0 Å². The topological polar surface area (TPSA) is 9.23 Å². The molecule has 0 N–H and O–H groups in total. The SMILES string of the molecule is [CH]=C[C@H]1CC[C@H](OCCC)CC1. The Kier molecular flexibility index (Phi) is 4.37. The quantitative estimate of drug-likeness (QED) is 0.625. The molecule has 0 aliphatic heterocycles. The van der Waals surface area contributed by atoms with Crippen molar-refractivity contribution in [1.29, 1.82) is 0 Å². The third kappa shape index (κ3) is 2.98. The molecule has 1 saturated carbocycles. The summed E-state index contributed by atoms with van der Waals surface area (Å²) >= 11 is 0. The summed E-state index contributed by atoms with van der Waals surface area (Å²) < 4.78 is 5.67. The summed E-state index contributed by atoms with van der Waals surface area (Å²) in [6, 6.07) is 0. The van der Waals surface area contributed by atoms with Crippen molar-refractivity contribution in [3.8, 4) is 0 Å². The maximum Gasteiger partial charge on any atom is 0.0575 e. The van der Waals surface area contributed by atoms with E-state index in [0.717, 1.165) is 13.0 Å². The highest BCUT2D eigenvalue weighted by molar-refractivity contribution is 4.82. The van der Waals surface area contributed by atoms with Gasteiger partial charge in [0, 0.05) is 6.61 Å². The van der Waals surface area contributed by atoms with Crippen LogP contribution in [-0.4, -0.2) is 12.7 Å². The van der Waals surface area contributed by atoms with Gasteiger partial charge in [0.1, 0.15) is 0 Å². The fraction of sp³-hybridized carbons (Fsp3) is 0.818. The molecule has 1 aliphatic rings. The highest BCUT2D eigenvalue weighted by Crippen LogP contribution is 2.26. The van der Waals surface area contributed by atoms with E-state index in [1.807, 2.05) is 6.08 Å². The van der Waals surface area contributed by atoms with Crippen molar-refractivity contribution in [2.24, 2.45) is 5.92 Å². The molecule has 1 nitrogen and oxygen atoms in total. The minimum Gasteiger partial charge on any atom is -0.378 e. The fourth-order valence-electron chi connectivity index (χ4n) is 1.73. The van der Waals surface area contributed by atoms with Crippen molar-refractivity contribution in [2.45, 2.75) is 45.1 Å².